The van der Waals surface area contributed by atoms with Crippen molar-refractivity contribution in [3.63, 3.8) is 0 Å². The summed E-state index contributed by atoms with van der Waals surface area (Å²) in [7, 11) is 0. The number of nitrogens with two attached hydrogens (primary N) is 1. The van der Waals surface area contributed by atoms with Gasteiger partial charge < -0.3 is 15.2 Å². The second-order valence-corrected chi connectivity index (χ2v) is 9.60. The van der Waals surface area contributed by atoms with E-state index in [9.17, 15) is 4.79 Å². The predicted octanol–water partition coefficient (Wildman–Crippen LogP) is 3.95. The van der Waals surface area contributed by atoms with Crippen molar-refractivity contribution >= 4 is 5.97 Å². The summed E-state index contributed by atoms with van der Waals surface area (Å²) in [5, 5.41) is 0. The number of benzene rings is 2. The third kappa shape index (κ3) is 4.37. The van der Waals surface area contributed by atoms with Crippen LogP contribution in [0.15, 0.2) is 48.5 Å². The molecule has 0 radical (unpaired) electrons. The Bertz CT molecular complexity index is 896. The van der Waals surface area contributed by atoms with Crippen LogP contribution < -0.4 is 10.5 Å². The van der Waals surface area contributed by atoms with Crippen LogP contribution in [0, 0.1) is 0 Å². The molecule has 2 aliphatic heterocycles. The van der Waals surface area contributed by atoms with E-state index in [-0.39, 0.29) is 5.41 Å². The summed E-state index contributed by atoms with van der Waals surface area (Å²) in [5.41, 5.74) is 9.03. The lowest BCUT2D eigenvalue weighted by Crippen LogP contribution is -2.43. The van der Waals surface area contributed by atoms with E-state index < -0.39 is 17.6 Å². The Hall–Kier alpha value is -2.37. The van der Waals surface area contributed by atoms with Crippen molar-refractivity contribution in [2.24, 2.45) is 5.73 Å². The number of piperidine rings is 1. The minimum absolute atomic E-state index is 0.00613. The van der Waals surface area contributed by atoms with Gasteiger partial charge in [0.25, 0.3) is 0 Å². The fourth-order valence-electron chi connectivity index (χ4n) is 4.47. The molecule has 2 aliphatic rings. The molecule has 4 rings (SSSR count). The minimum Gasteiger partial charge on any atom is -0.492 e. The first-order valence-electron chi connectivity index (χ1n) is 10.8. The lowest BCUT2D eigenvalue weighted by molar-refractivity contribution is -0.156. The molecular formula is C25H32N2O3. The average Bonchev–Trinajstić information content (AvgIpc) is 3.06. The Morgan fingerprint density at radius 1 is 1.17 bits per heavy atom. The Morgan fingerprint density at radius 2 is 1.87 bits per heavy atom. The van der Waals surface area contributed by atoms with Crippen molar-refractivity contribution in [1.82, 2.24) is 4.90 Å². The standard InChI is InChI=1S/C25H32N2O3/c1-24(2,3)30-23(28)22(26)19-9-10-21-20(15-19)25(17-29-21)11-13-27(14-12-25)16-18-7-5-4-6-8-18/h4-10,15,22H,11-14,16-17,26H2,1-3H3. The van der Waals surface area contributed by atoms with Gasteiger partial charge in [-0.3, -0.25) is 4.90 Å². The smallest absolute Gasteiger partial charge is 0.328 e. The molecule has 5 nitrogen and oxygen atoms in total. The monoisotopic (exact) mass is 408 g/mol. The molecule has 1 spiro atoms. The topological polar surface area (TPSA) is 64.8 Å². The van der Waals surface area contributed by atoms with E-state index >= 15 is 0 Å². The molecule has 30 heavy (non-hydrogen) atoms. The van der Waals surface area contributed by atoms with Crippen molar-refractivity contribution in [2.75, 3.05) is 19.7 Å². The number of hydrogen-bond acceptors (Lipinski definition) is 5. The fourth-order valence-corrected chi connectivity index (χ4v) is 4.47. The van der Waals surface area contributed by atoms with E-state index in [0.29, 0.717) is 6.61 Å². The zero-order chi connectivity index (χ0) is 21.4. The first-order chi connectivity index (χ1) is 14.3. The number of fused-ring (bicyclic) bond motifs is 2. The largest absolute Gasteiger partial charge is 0.492 e. The molecular weight excluding hydrogens is 376 g/mol. The molecule has 0 aromatic heterocycles. The number of likely N-dealkylation sites (tertiary alicyclic amines) is 1. The maximum atomic E-state index is 12.5. The highest BCUT2D eigenvalue weighted by Crippen LogP contribution is 2.46. The SMILES string of the molecule is CC(C)(C)OC(=O)C(N)c1ccc2c(c1)C1(CCN(Cc3ccccc3)CC1)CO2. The van der Waals surface area contributed by atoms with Crippen molar-refractivity contribution < 1.29 is 14.3 Å². The molecule has 5 heteroatoms. The Morgan fingerprint density at radius 3 is 2.53 bits per heavy atom. The van der Waals surface area contributed by atoms with Crippen LogP contribution >= 0.6 is 0 Å². The van der Waals surface area contributed by atoms with Gasteiger partial charge in [0.15, 0.2) is 0 Å². The third-order valence-corrected chi connectivity index (χ3v) is 6.16. The summed E-state index contributed by atoms with van der Waals surface area (Å²) in [4.78, 5) is 15.0. The van der Waals surface area contributed by atoms with E-state index in [0.717, 1.165) is 43.8 Å². The van der Waals surface area contributed by atoms with E-state index in [2.05, 4.69) is 41.3 Å². The van der Waals surface area contributed by atoms with Crippen LogP contribution in [-0.4, -0.2) is 36.2 Å². The van der Waals surface area contributed by atoms with Gasteiger partial charge in [0.2, 0.25) is 0 Å². The summed E-state index contributed by atoms with van der Waals surface area (Å²) in [6.45, 7) is 9.30. The van der Waals surface area contributed by atoms with Crippen LogP contribution in [0.5, 0.6) is 5.75 Å². The molecule has 0 bridgehead atoms. The second-order valence-electron chi connectivity index (χ2n) is 9.60. The van der Waals surface area contributed by atoms with Gasteiger partial charge in [-0.2, -0.15) is 0 Å². The first-order valence-corrected chi connectivity index (χ1v) is 10.8. The number of carbonyl (C=O) groups is 1. The molecule has 1 unspecified atom stereocenters. The molecule has 0 amide bonds. The highest BCUT2D eigenvalue weighted by molar-refractivity contribution is 5.78. The lowest BCUT2D eigenvalue weighted by atomic mass is 9.74. The number of esters is 1. The minimum atomic E-state index is -0.787. The molecule has 2 aromatic carbocycles. The van der Waals surface area contributed by atoms with E-state index in [1.54, 1.807) is 0 Å². The summed E-state index contributed by atoms with van der Waals surface area (Å²) < 4.78 is 11.5. The molecule has 0 aliphatic carbocycles. The highest BCUT2D eigenvalue weighted by Gasteiger charge is 2.43. The maximum absolute atomic E-state index is 12.5. The van der Waals surface area contributed by atoms with Gasteiger partial charge in [-0.15, -0.1) is 0 Å². The van der Waals surface area contributed by atoms with Gasteiger partial charge in [-0.05, 0) is 70.0 Å². The second kappa shape index (κ2) is 8.05. The van der Waals surface area contributed by atoms with Gasteiger partial charge in [0.1, 0.15) is 17.4 Å². The number of ether oxygens (including phenoxy) is 2. The van der Waals surface area contributed by atoms with E-state index in [1.807, 2.05) is 32.9 Å². The number of hydrogen-bond donors (Lipinski definition) is 1. The number of carbonyl (C=O) groups excluding carboxylic acids is 1. The summed E-state index contributed by atoms with van der Waals surface area (Å²) in [5.74, 6) is 0.528. The quantitative estimate of drug-likeness (QED) is 0.776. The normalized spacial score (nSPS) is 19.2. The summed E-state index contributed by atoms with van der Waals surface area (Å²) >= 11 is 0. The van der Waals surface area contributed by atoms with Gasteiger partial charge in [0.05, 0.1) is 6.61 Å². The summed E-state index contributed by atoms with van der Waals surface area (Å²) in [6, 6.07) is 15.7. The molecule has 2 N–H and O–H groups in total. The Balaban J connectivity index is 1.47. The van der Waals surface area contributed by atoms with Crippen molar-refractivity contribution in [3.05, 3.63) is 65.2 Å². The van der Waals surface area contributed by atoms with Gasteiger partial charge in [0, 0.05) is 17.5 Å². The molecule has 1 atom stereocenters. The van der Waals surface area contributed by atoms with Crippen molar-refractivity contribution in [1.29, 1.82) is 0 Å². The average molecular weight is 409 g/mol. The lowest BCUT2D eigenvalue weighted by Gasteiger charge is -2.38. The third-order valence-electron chi connectivity index (χ3n) is 6.16. The van der Waals surface area contributed by atoms with Crippen LogP contribution in [-0.2, 0) is 21.5 Å². The van der Waals surface area contributed by atoms with Crippen LogP contribution in [0.3, 0.4) is 0 Å². The maximum Gasteiger partial charge on any atom is 0.328 e. The number of nitrogens with zero attached hydrogens (tertiary/aromatic N) is 1. The Kier molecular flexibility index (Phi) is 5.60. The van der Waals surface area contributed by atoms with Crippen LogP contribution in [0.2, 0.25) is 0 Å². The number of rotatable bonds is 4. The van der Waals surface area contributed by atoms with Gasteiger partial charge in [-0.25, -0.2) is 4.79 Å². The van der Waals surface area contributed by atoms with Crippen LogP contribution in [0.4, 0.5) is 0 Å². The van der Waals surface area contributed by atoms with E-state index in [4.69, 9.17) is 15.2 Å². The van der Waals surface area contributed by atoms with Gasteiger partial charge in [-0.1, -0.05) is 36.4 Å². The van der Waals surface area contributed by atoms with Crippen LogP contribution in [0.1, 0.15) is 56.3 Å². The fraction of sp³-hybridized carbons (Fsp3) is 0.480. The van der Waals surface area contributed by atoms with Crippen molar-refractivity contribution in [2.45, 2.75) is 57.2 Å². The Labute approximate surface area is 179 Å². The zero-order valence-corrected chi connectivity index (χ0v) is 18.2. The van der Waals surface area contributed by atoms with E-state index in [1.165, 1.54) is 11.1 Å². The highest BCUT2D eigenvalue weighted by atomic mass is 16.6. The molecule has 0 saturated carbocycles. The molecule has 160 valence electrons. The summed E-state index contributed by atoms with van der Waals surface area (Å²) in [6.07, 6.45) is 2.08. The van der Waals surface area contributed by atoms with Crippen molar-refractivity contribution in [3.8, 4) is 5.75 Å². The molecule has 2 aromatic rings. The van der Waals surface area contributed by atoms with Gasteiger partial charge >= 0.3 is 5.97 Å². The molecule has 1 fully saturated rings. The zero-order valence-electron chi connectivity index (χ0n) is 18.2. The molecule has 1 saturated heterocycles. The predicted molar refractivity (Wildman–Crippen MR) is 117 cm³/mol. The first kappa shape index (κ1) is 20.9. The van der Waals surface area contributed by atoms with Crippen LogP contribution in [0.25, 0.3) is 0 Å². The molecule has 2 heterocycles.